The van der Waals surface area contributed by atoms with Crippen LogP contribution in [0.4, 0.5) is 0 Å². The van der Waals surface area contributed by atoms with E-state index in [9.17, 15) is 5.21 Å². The summed E-state index contributed by atoms with van der Waals surface area (Å²) in [5.41, 5.74) is 1.71. The van der Waals surface area contributed by atoms with E-state index < -0.39 is 0 Å². The molecule has 0 radical (unpaired) electrons. The highest BCUT2D eigenvalue weighted by molar-refractivity contribution is 6.31. The van der Waals surface area contributed by atoms with Gasteiger partial charge in [0.15, 0.2) is 23.8 Å². The molecular weight excluding hydrogens is 314 g/mol. The molecule has 122 valence electrons. The Morgan fingerprint density at radius 3 is 2.48 bits per heavy atom. The summed E-state index contributed by atoms with van der Waals surface area (Å²) in [6.07, 6.45) is 2.12. The summed E-state index contributed by atoms with van der Waals surface area (Å²) in [7, 11) is 3.14. The molecule has 5 heteroatoms. The number of halogens is 1. The van der Waals surface area contributed by atoms with Crippen molar-refractivity contribution >= 4 is 17.8 Å². The number of methoxy groups -OCH3 is 2. The monoisotopic (exact) mass is 333 g/mol. The SMILES string of the molecule is COc1ccc(/C=[N+](/[O-])C(C)Cc2ccccc2Cl)cc1OC. The number of nitrogens with zero attached hydrogens (tertiary/aromatic N) is 1. The molecule has 0 aliphatic heterocycles. The molecule has 1 atom stereocenters. The Morgan fingerprint density at radius 1 is 1.13 bits per heavy atom. The molecule has 0 aromatic heterocycles. The van der Waals surface area contributed by atoms with Crippen LogP contribution in [0.25, 0.3) is 0 Å². The van der Waals surface area contributed by atoms with Crippen molar-refractivity contribution in [2.45, 2.75) is 19.4 Å². The van der Waals surface area contributed by atoms with Gasteiger partial charge in [-0.3, -0.25) is 0 Å². The zero-order valence-electron chi connectivity index (χ0n) is 13.5. The summed E-state index contributed by atoms with van der Waals surface area (Å²) in [6, 6.07) is 12.7. The van der Waals surface area contributed by atoms with Gasteiger partial charge in [0.25, 0.3) is 0 Å². The largest absolute Gasteiger partial charge is 0.624 e. The molecule has 0 spiro atoms. The van der Waals surface area contributed by atoms with Gasteiger partial charge in [0, 0.05) is 17.0 Å². The molecule has 2 aromatic rings. The normalized spacial score (nSPS) is 12.8. The van der Waals surface area contributed by atoms with Crippen LogP contribution in [0.1, 0.15) is 18.1 Å². The molecule has 2 rings (SSSR count). The van der Waals surface area contributed by atoms with E-state index >= 15 is 0 Å². The summed E-state index contributed by atoms with van der Waals surface area (Å²) in [4.78, 5) is 0. The first-order chi connectivity index (χ1) is 11.0. The topological polar surface area (TPSA) is 44.5 Å². The lowest BCUT2D eigenvalue weighted by molar-refractivity contribution is -0.491. The van der Waals surface area contributed by atoms with Crippen LogP contribution in [0.3, 0.4) is 0 Å². The molecular formula is C18H20ClNO3. The minimum atomic E-state index is -0.233. The molecule has 0 saturated heterocycles. The van der Waals surface area contributed by atoms with E-state index in [2.05, 4.69) is 0 Å². The van der Waals surface area contributed by atoms with Crippen LogP contribution >= 0.6 is 11.6 Å². The molecule has 23 heavy (non-hydrogen) atoms. The van der Waals surface area contributed by atoms with E-state index in [0.717, 1.165) is 15.9 Å². The highest BCUT2D eigenvalue weighted by Gasteiger charge is 2.13. The van der Waals surface area contributed by atoms with E-state index in [-0.39, 0.29) is 6.04 Å². The predicted molar refractivity (Wildman–Crippen MR) is 93.0 cm³/mol. The molecule has 0 aliphatic rings. The Labute approximate surface area is 141 Å². The van der Waals surface area contributed by atoms with Crippen molar-refractivity contribution in [3.8, 4) is 11.5 Å². The highest BCUT2D eigenvalue weighted by Crippen LogP contribution is 2.27. The maximum Gasteiger partial charge on any atom is 0.182 e. The van der Waals surface area contributed by atoms with E-state index in [1.165, 1.54) is 0 Å². The average Bonchev–Trinajstić information content (AvgIpc) is 2.56. The second kappa shape index (κ2) is 7.88. The van der Waals surface area contributed by atoms with E-state index in [1.807, 2.05) is 37.3 Å². The molecule has 1 unspecified atom stereocenters. The fourth-order valence-electron chi connectivity index (χ4n) is 2.28. The van der Waals surface area contributed by atoms with Crippen molar-refractivity contribution in [2.75, 3.05) is 14.2 Å². The number of ether oxygens (including phenoxy) is 2. The van der Waals surface area contributed by atoms with Gasteiger partial charge in [-0.15, -0.1) is 0 Å². The zero-order chi connectivity index (χ0) is 16.8. The van der Waals surface area contributed by atoms with Gasteiger partial charge in [0.2, 0.25) is 0 Å². The van der Waals surface area contributed by atoms with E-state index in [4.69, 9.17) is 21.1 Å². The number of hydrogen-bond donors (Lipinski definition) is 0. The molecule has 0 heterocycles. The summed E-state index contributed by atoms with van der Waals surface area (Å²) < 4.78 is 11.4. The van der Waals surface area contributed by atoms with Crippen molar-refractivity contribution in [1.82, 2.24) is 0 Å². The fraction of sp³-hybridized carbons (Fsp3) is 0.278. The third-order valence-corrected chi connectivity index (χ3v) is 3.96. The smallest absolute Gasteiger partial charge is 0.182 e. The summed E-state index contributed by atoms with van der Waals surface area (Å²) in [5, 5.41) is 13.0. The number of hydrogen-bond acceptors (Lipinski definition) is 3. The number of rotatable bonds is 6. The predicted octanol–water partition coefficient (Wildman–Crippen LogP) is 3.92. The average molecular weight is 334 g/mol. The zero-order valence-corrected chi connectivity index (χ0v) is 14.2. The molecule has 0 amide bonds. The molecule has 0 N–H and O–H groups in total. The molecule has 0 fully saturated rings. The minimum Gasteiger partial charge on any atom is -0.624 e. The Bertz CT molecular complexity index is 700. The third-order valence-electron chi connectivity index (χ3n) is 3.59. The van der Waals surface area contributed by atoms with Crippen LogP contribution in [0.2, 0.25) is 5.02 Å². The first-order valence-electron chi connectivity index (χ1n) is 7.31. The van der Waals surface area contributed by atoms with Gasteiger partial charge in [0.05, 0.1) is 14.2 Å². The van der Waals surface area contributed by atoms with Crippen molar-refractivity contribution in [2.24, 2.45) is 0 Å². The second-order valence-corrected chi connectivity index (χ2v) is 5.66. The fourth-order valence-corrected chi connectivity index (χ4v) is 2.49. The van der Waals surface area contributed by atoms with Gasteiger partial charge < -0.3 is 14.7 Å². The molecule has 2 aromatic carbocycles. The molecule has 0 aliphatic carbocycles. The van der Waals surface area contributed by atoms with Crippen LogP contribution in [0, 0.1) is 5.21 Å². The quantitative estimate of drug-likeness (QED) is 0.348. The minimum absolute atomic E-state index is 0.233. The van der Waals surface area contributed by atoms with E-state index in [0.29, 0.717) is 22.9 Å². The van der Waals surface area contributed by atoms with Gasteiger partial charge in [0.1, 0.15) is 0 Å². The summed E-state index contributed by atoms with van der Waals surface area (Å²) >= 11 is 6.14. The van der Waals surface area contributed by atoms with Crippen LogP contribution in [0.15, 0.2) is 42.5 Å². The Morgan fingerprint density at radius 2 is 1.83 bits per heavy atom. The van der Waals surface area contributed by atoms with Gasteiger partial charge in [-0.05, 0) is 36.8 Å². The summed E-state index contributed by atoms with van der Waals surface area (Å²) in [5.74, 6) is 1.22. The van der Waals surface area contributed by atoms with Crippen molar-refractivity contribution < 1.29 is 14.2 Å². The Balaban J connectivity index is 2.17. The van der Waals surface area contributed by atoms with E-state index in [1.54, 1.807) is 32.6 Å². The van der Waals surface area contributed by atoms with Crippen molar-refractivity contribution in [3.63, 3.8) is 0 Å². The van der Waals surface area contributed by atoms with Crippen LogP contribution in [0.5, 0.6) is 11.5 Å². The van der Waals surface area contributed by atoms with Gasteiger partial charge in [-0.25, -0.2) is 4.74 Å². The molecule has 0 saturated carbocycles. The lowest BCUT2D eigenvalue weighted by Gasteiger charge is -2.14. The highest BCUT2D eigenvalue weighted by atomic mass is 35.5. The maximum absolute atomic E-state index is 12.3. The standard InChI is InChI=1S/C18H20ClNO3/c1-13(10-15-6-4-5-7-16(15)19)20(21)12-14-8-9-17(22-2)18(11-14)23-3/h4-9,11-13H,10H2,1-3H3/b20-12+. The summed E-state index contributed by atoms with van der Waals surface area (Å²) in [6.45, 7) is 1.87. The second-order valence-electron chi connectivity index (χ2n) is 5.25. The Kier molecular flexibility index (Phi) is 5.88. The van der Waals surface area contributed by atoms with Gasteiger partial charge in [-0.2, -0.15) is 0 Å². The van der Waals surface area contributed by atoms with Gasteiger partial charge >= 0.3 is 0 Å². The Hall–Kier alpha value is -2.20. The van der Waals surface area contributed by atoms with Crippen molar-refractivity contribution in [1.29, 1.82) is 0 Å². The molecule has 4 nitrogen and oxygen atoms in total. The van der Waals surface area contributed by atoms with Crippen LogP contribution < -0.4 is 9.47 Å². The maximum atomic E-state index is 12.3. The van der Waals surface area contributed by atoms with Gasteiger partial charge in [-0.1, -0.05) is 29.8 Å². The van der Waals surface area contributed by atoms with Crippen LogP contribution in [-0.4, -0.2) is 31.2 Å². The van der Waals surface area contributed by atoms with Crippen molar-refractivity contribution in [3.05, 3.63) is 63.8 Å². The molecule has 0 bridgehead atoms. The lowest BCUT2D eigenvalue weighted by Crippen LogP contribution is -2.22. The number of benzene rings is 2. The van der Waals surface area contributed by atoms with Crippen LogP contribution in [-0.2, 0) is 6.42 Å². The first-order valence-corrected chi connectivity index (χ1v) is 7.68. The lowest BCUT2D eigenvalue weighted by atomic mass is 10.1. The first kappa shape index (κ1) is 17.2. The third kappa shape index (κ3) is 4.39. The number of hydroxylamine groups is 1.